The molecule has 8 nitrogen and oxygen atoms in total. The molecule has 2 unspecified atom stereocenters. The van der Waals surface area contributed by atoms with Gasteiger partial charge in [0.15, 0.2) is 0 Å². The third-order valence-electron chi connectivity index (χ3n) is 8.25. The van der Waals surface area contributed by atoms with Crippen LogP contribution in [0.15, 0.2) is 12.7 Å². The fourth-order valence-corrected chi connectivity index (χ4v) is 6.81. The zero-order valence-electron chi connectivity index (χ0n) is 19.5. The fourth-order valence-electron chi connectivity index (χ4n) is 6.81. The number of carboxylic acid groups (broad SMARTS) is 1. The van der Waals surface area contributed by atoms with E-state index in [9.17, 15) is 19.5 Å². The van der Waals surface area contributed by atoms with Gasteiger partial charge in [-0.1, -0.05) is 38.2 Å². The number of aliphatic hydroxyl groups excluding tert-OH is 1. The number of ether oxygens (including phenoxy) is 1. The number of unbranched alkanes of at least 4 members (excludes halogenated alkanes) is 3. The lowest BCUT2D eigenvalue weighted by atomic mass is 9.70. The minimum absolute atomic E-state index is 0.111. The van der Waals surface area contributed by atoms with Gasteiger partial charge in [0.25, 0.3) is 0 Å². The van der Waals surface area contributed by atoms with Gasteiger partial charge in [-0.25, -0.2) is 0 Å². The van der Waals surface area contributed by atoms with Crippen LogP contribution in [0.25, 0.3) is 0 Å². The summed E-state index contributed by atoms with van der Waals surface area (Å²) >= 11 is 0. The maximum Gasteiger partial charge on any atom is 0.310 e. The highest BCUT2D eigenvalue weighted by molar-refractivity contribution is 5.98. The Balaban J connectivity index is 1.63. The molecule has 1 aliphatic carbocycles. The van der Waals surface area contributed by atoms with E-state index in [1.807, 2.05) is 4.90 Å². The quantitative estimate of drug-likeness (QED) is 0.361. The molecule has 0 radical (unpaired) electrons. The van der Waals surface area contributed by atoms with Crippen LogP contribution in [-0.2, 0) is 19.1 Å². The van der Waals surface area contributed by atoms with Crippen molar-refractivity contribution in [3.05, 3.63) is 12.7 Å². The number of nitrogens with zero attached hydrogens (tertiary/aromatic N) is 2. The first-order chi connectivity index (χ1) is 16.0. The number of carbonyl (C=O) groups is 3. The molecule has 33 heavy (non-hydrogen) atoms. The molecule has 2 bridgehead atoms. The number of aliphatic hydroxyl groups is 1. The zero-order chi connectivity index (χ0) is 23.6. The lowest BCUT2D eigenvalue weighted by Gasteiger charge is -2.40. The summed E-state index contributed by atoms with van der Waals surface area (Å²) in [6.45, 7) is 4.83. The first kappa shape index (κ1) is 24.2. The first-order valence-corrected chi connectivity index (χ1v) is 12.7. The molecule has 184 valence electrons. The highest BCUT2D eigenvalue weighted by atomic mass is 16.5. The molecule has 8 heteroatoms. The van der Waals surface area contributed by atoms with Crippen molar-refractivity contribution in [1.29, 1.82) is 0 Å². The Kier molecular flexibility index (Phi) is 7.43. The van der Waals surface area contributed by atoms with Crippen molar-refractivity contribution >= 4 is 17.8 Å². The lowest BCUT2D eigenvalue weighted by Crippen LogP contribution is -2.58. The van der Waals surface area contributed by atoms with E-state index in [0.717, 1.165) is 38.5 Å². The number of fused-ring (bicyclic) bond motifs is 1. The second-order valence-corrected chi connectivity index (χ2v) is 10.1. The third kappa shape index (κ3) is 4.20. The molecular formula is C25H38N2O6. The predicted molar refractivity (Wildman–Crippen MR) is 121 cm³/mol. The van der Waals surface area contributed by atoms with Gasteiger partial charge in [0.1, 0.15) is 11.6 Å². The summed E-state index contributed by atoms with van der Waals surface area (Å²) in [5.41, 5.74) is -1.04. The molecule has 3 saturated heterocycles. The van der Waals surface area contributed by atoms with Crippen molar-refractivity contribution in [2.45, 2.75) is 94.4 Å². The highest BCUT2D eigenvalue weighted by Crippen LogP contribution is 2.58. The molecule has 0 aromatic rings. The Hall–Kier alpha value is -1.93. The molecule has 2 N–H and O–H groups in total. The largest absolute Gasteiger partial charge is 0.481 e. The van der Waals surface area contributed by atoms with Gasteiger partial charge < -0.3 is 24.7 Å². The molecule has 4 aliphatic rings. The molecule has 3 heterocycles. The fraction of sp³-hybridized carbons (Fsp3) is 0.800. The van der Waals surface area contributed by atoms with Gasteiger partial charge in [0, 0.05) is 25.7 Å². The number of hydrogen-bond donors (Lipinski definition) is 2. The summed E-state index contributed by atoms with van der Waals surface area (Å²) in [5.74, 6) is -3.04. The minimum Gasteiger partial charge on any atom is -0.481 e. The number of aliphatic carboxylic acids is 1. The van der Waals surface area contributed by atoms with Gasteiger partial charge in [-0.15, -0.1) is 6.58 Å². The molecule has 0 aromatic carbocycles. The van der Waals surface area contributed by atoms with E-state index in [2.05, 4.69) is 6.58 Å². The Bertz CT molecular complexity index is 766. The SMILES string of the molecule is C=CCN(C(=O)C1N(CCCCCCO)C(=O)[C@@H]2[C@H](C(=O)O)[C@@H]3CCC12O3)C1CCCCC1. The average molecular weight is 463 g/mol. The third-order valence-corrected chi connectivity index (χ3v) is 8.25. The van der Waals surface area contributed by atoms with Gasteiger partial charge in [-0.3, -0.25) is 14.4 Å². The summed E-state index contributed by atoms with van der Waals surface area (Å²) in [6, 6.07) is -0.654. The van der Waals surface area contributed by atoms with Crippen LogP contribution in [0, 0.1) is 11.8 Å². The maximum atomic E-state index is 14.2. The molecule has 3 aliphatic heterocycles. The van der Waals surface area contributed by atoms with Crippen molar-refractivity contribution in [1.82, 2.24) is 9.80 Å². The number of carbonyl (C=O) groups excluding carboxylic acids is 2. The van der Waals surface area contributed by atoms with Gasteiger partial charge >= 0.3 is 5.97 Å². The van der Waals surface area contributed by atoms with Crippen molar-refractivity contribution < 1.29 is 29.3 Å². The Morgan fingerprint density at radius 1 is 1.15 bits per heavy atom. The van der Waals surface area contributed by atoms with Crippen molar-refractivity contribution in [2.75, 3.05) is 19.7 Å². The highest BCUT2D eigenvalue weighted by Gasteiger charge is 2.74. The molecule has 1 saturated carbocycles. The number of rotatable bonds is 11. The van der Waals surface area contributed by atoms with E-state index in [0.29, 0.717) is 38.8 Å². The van der Waals surface area contributed by atoms with Crippen molar-refractivity contribution in [3.63, 3.8) is 0 Å². The van der Waals surface area contributed by atoms with Gasteiger partial charge in [0.05, 0.1) is 17.9 Å². The standard InChI is InChI=1S/C25H38N2O6/c1-2-14-26(17-10-6-5-7-11-17)23(30)21-25-13-12-18(33-25)19(24(31)32)20(25)22(29)27(21)15-8-3-4-9-16-28/h2,17-21,28H,1,3-16H2,(H,31,32)/t18-,19+,20-,21?,25?/m0/s1. The van der Waals surface area contributed by atoms with Crippen LogP contribution in [0.5, 0.6) is 0 Å². The normalized spacial score (nSPS) is 33.4. The summed E-state index contributed by atoms with van der Waals surface area (Å²) in [7, 11) is 0. The monoisotopic (exact) mass is 462 g/mol. The molecule has 5 atom stereocenters. The summed E-state index contributed by atoms with van der Waals surface area (Å²) < 4.78 is 6.30. The van der Waals surface area contributed by atoms with Crippen molar-refractivity contribution in [3.8, 4) is 0 Å². The van der Waals surface area contributed by atoms with E-state index >= 15 is 0 Å². The number of amides is 2. The van der Waals surface area contributed by atoms with Crippen LogP contribution in [0.2, 0.25) is 0 Å². The van der Waals surface area contributed by atoms with Crippen LogP contribution in [0.3, 0.4) is 0 Å². The van der Waals surface area contributed by atoms with Crippen LogP contribution < -0.4 is 0 Å². The molecule has 2 amide bonds. The zero-order valence-corrected chi connectivity index (χ0v) is 19.5. The van der Waals surface area contributed by atoms with E-state index in [1.54, 1.807) is 11.0 Å². The maximum absolute atomic E-state index is 14.2. The molecule has 0 aromatic heterocycles. The van der Waals surface area contributed by atoms with Gasteiger partial charge in [0.2, 0.25) is 11.8 Å². The molecule has 1 spiro atoms. The topological polar surface area (TPSA) is 107 Å². The minimum atomic E-state index is -1.04. The molecule has 4 rings (SSSR count). The second-order valence-electron chi connectivity index (χ2n) is 10.1. The van der Waals surface area contributed by atoms with E-state index in [-0.39, 0.29) is 24.5 Å². The van der Waals surface area contributed by atoms with Gasteiger partial charge in [-0.2, -0.15) is 0 Å². The second kappa shape index (κ2) is 10.1. The predicted octanol–water partition coefficient (Wildman–Crippen LogP) is 2.35. The van der Waals surface area contributed by atoms with E-state index in [4.69, 9.17) is 9.84 Å². The van der Waals surface area contributed by atoms with Gasteiger partial charge in [-0.05, 0) is 38.5 Å². The number of likely N-dealkylation sites (tertiary alicyclic amines) is 1. The summed E-state index contributed by atoms with van der Waals surface area (Å²) in [6.07, 6.45) is 10.7. The molecule has 4 fully saturated rings. The van der Waals surface area contributed by atoms with Crippen LogP contribution in [-0.4, -0.2) is 81.3 Å². The summed E-state index contributed by atoms with van der Waals surface area (Å²) in [5, 5.41) is 18.9. The number of hydrogen-bond acceptors (Lipinski definition) is 5. The number of carboxylic acids is 1. The van der Waals surface area contributed by atoms with Crippen molar-refractivity contribution in [2.24, 2.45) is 11.8 Å². The smallest absolute Gasteiger partial charge is 0.310 e. The summed E-state index contributed by atoms with van der Waals surface area (Å²) in [4.78, 5) is 43.4. The Labute approximate surface area is 195 Å². The first-order valence-electron chi connectivity index (χ1n) is 12.7. The molecular weight excluding hydrogens is 424 g/mol. The Morgan fingerprint density at radius 2 is 1.88 bits per heavy atom. The Morgan fingerprint density at radius 3 is 2.55 bits per heavy atom. The van der Waals surface area contributed by atoms with E-state index in [1.165, 1.54) is 6.42 Å². The van der Waals surface area contributed by atoms with Crippen LogP contribution >= 0.6 is 0 Å². The van der Waals surface area contributed by atoms with Crippen LogP contribution in [0.1, 0.15) is 70.6 Å². The lowest BCUT2D eigenvalue weighted by molar-refractivity contribution is -0.151. The van der Waals surface area contributed by atoms with E-state index < -0.39 is 35.6 Å². The van der Waals surface area contributed by atoms with Crippen LogP contribution in [0.4, 0.5) is 0 Å². The average Bonchev–Trinajstić information content (AvgIpc) is 3.45.